The molecule has 1 heterocycles. The van der Waals surface area contributed by atoms with Crippen molar-refractivity contribution in [2.24, 2.45) is 0 Å². The summed E-state index contributed by atoms with van der Waals surface area (Å²) < 4.78 is 14.2. The Bertz CT molecular complexity index is 586. The maximum absolute atomic E-state index is 13.5. The van der Waals surface area contributed by atoms with Crippen molar-refractivity contribution in [3.63, 3.8) is 0 Å². The zero-order valence-electron chi connectivity index (χ0n) is 8.65. The molecule has 0 aliphatic carbocycles. The molecule has 0 saturated carbocycles. The lowest BCUT2D eigenvalue weighted by atomic mass is 10.0. The summed E-state index contributed by atoms with van der Waals surface area (Å²) in [6, 6.07) is 7.27. The van der Waals surface area contributed by atoms with Crippen LogP contribution in [0.4, 0.5) is 10.2 Å². The van der Waals surface area contributed by atoms with E-state index in [2.05, 4.69) is 20.9 Å². The number of anilines is 1. The van der Waals surface area contributed by atoms with Gasteiger partial charge in [-0.05, 0) is 30.3 Å². The van der Waals surface area contributed by atoms with Crippen molar-refractivity contribution < 1.29 is 9.18 Å². The summed E-state index contributed by atoms with van der Waals surface area (Å²) in [5.41, 5.74) is 5.75. The highest BCUT2D eigenvalue weighted by molar-refractivity contribution is 9.10. The van der Waals surface area contributed by atoms with Gasteiger partial charge in [0.05, 0.1) is 11.1 Å². The molecule has 5 heteroatoms. The second kappa shape index (κ2) is 4.63. The second-order valence-electron chi connectivity index (χ2n) is 3.39. The molecule has 0 saturated heterocycles. The number of pyridine rings is 1. The third-order valence-electron chi connectivity index (χ3n) is 2.26. The van der Waals surface area contributed by atoms with E-state index < -0.39 is 11.6 Å². The Hall–Kier alpha value is -1.75. The van der Waals surface area contributed by atoms with E-state index in [-0.39, 0.29) is 16.9 Å². The number of aromatic nitrogens is 1. The van der Waals surface area contributed by atoms with Gasteiger partial charge in [-0.1, -0.05) is 15.9 Å². The van der Waals surface area contributed by atoms with Gasteiger partial charge in [0, 0.05) is 10.7 Å². The zero-order chi connectivity index (χ0) is 12.4. The van der Waals surface area contributed by atoms with Crippen LogP contribution in [0.25, 0.3) is 0 Å². The predicted molar refractivity (Wildman–Crippen MR) is 66.2 cm³/mol. The van der Waals surface area contributed by atoms with E-state index in [4.69, 9.17) is 5.73 Å². The van der Waals surface area contributed by atoms with E-state index in [0.717, 1.165) is 0 Å². The minimum atomic E-state index is -0.582. The van der Waals surface area contributed by atoms with Crippen LogP contribution in [0.5, 0.6) is 0 Å². The van der Waals surface area contributed by atoms with Crippen molar-refractivity contribution in [1.82, 2.24) is 4.98 Å². The fourth-order valence-electron chi connectivity index (χ4n) is 1.43. The summed E-state index contributed by atoms with van der Waals surface area (Å²) in [5, 5.41) is 0. The first-order valence-corrected chi connectivity index (χ1v) is 5.59. The highest BCUT2D eigenvalue weighted by Crippen LogP contribution is 2.20. The van der Waals surface area contributed by atoms with Crippen molar-refractivity contribution >= 4 is 27.5 Å². The Morgan fingerprint density at radius 3 is 2.76 bits per heavy atom. The normalized spacial score (nSPS) is 10.2. The number of carbonyl (C=O) groups excluding carboxylic acids is 1. The highest BCUT2D eigenvalue weighted by Gasteiger charge is 2.16. The lowest BCUT2D eigenvalue weighted by molar-refractivity contribution is 0.103. The number of nitrogen functional groups attached to an aromatic ring is 1. The van der Waals surface area contributed by atoms with E-state index in [1.165, 1.54) is 30.5 Å². The summed E-state index contributed by atoms with van der Waals surface area (Å²) in [7, 11) is 0. The molecule has 86 valence electrons. The fraction of sp³-hybridized carbons (Fsp3) is 0. The molecule has 0 spiro atoms. The third kappa shape index (κ3) is 2.34. The number of carbonyl (C=O) groups is 1. The molecule has 2 N–H and O–H groups in total. The molecule has 0 unspecified atom stereocenters. The maximum atomic E-state index is 13.5. The van der Waals surface area contributed by atoms with Crippen LogP contribution >= 0.6 is 15.9 Å². The van der Waals surface area contributed by atoms with Crippen molar-refractivity contribution in [2.75, 3.05) is 5.73 Å². The van der Waals surface area contributed by atoms with Gasteiger partial charge >= 0.3 is 0 Å². The Morgan fingerprint density at radius 1 is 1.29 bits per heavy atom. The number of benzene rings is 1. The van der Waals surface area contributed by atoms with E-state index in [0.29, 0.717) is 4.47 Å². The number of nitrogens with two attached hydrogens (primary N) is 1. The van der Waals surface area contributed by atoms with Gasteiger partial charge in [-0.15, -0.1) is 0 Å². The predicted octanol–water partition coefficient (Wildman–Crippen LogP) is 2.80. The van der Waals surface area contributed by atoms with Crippen LogP contribution in [0.15, 0.2) is 41.0 Å². The van der Waals surface area contributed by atoms with Gasteiger partial charge in [-0.2, -0.15) is 0 Å². The topological polar surface area (TPSA) is 56.0 Å². The van der Waals surface area contributed by atoms with Crippen LogP contribution < -0.4 is 5.73 Å². The van der Waals surface area contributed by atoms with Crippen LogP contribution in [-0.4, -0.2) is 10.8 Å². The lowest BCUT2D eigenvalue weighted by Crippen LogP contribution is -2.08. The largest absolute Gasteiger partial charge is 0.383 e. The minimum Gasteiger partial charge on any atom is -0.383 e. The van der Waals surface area contributed by atoms with E-state index in [1.54, 1.807) is 6.07 Å². The average Bonchev–Trinajstić information content (AvgIpc) is 2.32. The highest BCUT2D eigenvalue weighted by atomic mass is 79.9. The van der Waals surface area contributed by atoms with Crippen molar-refractivity contribution in [3.05, 3.63) is 57.9 Å². The van der Waals surface area contributed by atoms with E-state index in [9.17, 15) is 9.18 Å². The summed E-state index contributed by atoms with van der Waals surface area (Å²) in [6.07, 6.45) is 1.48. The minimum absolute atomic E-state index is 0.0286. The van der Waals surface area contributed by atoms with Crippen LogP contribution in [0.1, 0.15) is 15.9 Å². The molecule has 1 aromatic heterocycles. The molecular formula is C12H8BrFN2O. The molecule has 3 nitrogen and oxygen atoms in total. The summed E-state index contributed by atoms with van der Waals surface area (Å²) in [6.45, 7) is 0. The second-order valence-corrected chi connectivity index (χ2v) is 4.31. The van der Waals surface area contributed by atoms with Gasteiger partial charge in [0.15, 0.2) is 5.78 Å². The molecule has 0 amide bonds. The van der Waals surface area contributed by atoms with Crippen LogP contribution in [-0.2, 0) is 0 Å². The summed E-state index contributed by atoms with van der Waals surface area (Å²) in [5.74, 6) is -0.965. The smallest absolute Gasteiger partial charge is 0.199 e. The molecule has 17 heavy (non-hydrogen) atoms. The van der Waals surface area contributed by atoms with Crippen molar-refractivity contribution in [1.29, 1.82) is 0 Å². The Balaban J connectivity index is 2.51. The summed E-state index contributed by atoms with van der Waals surface area (Å²) in [4.78, 5) is 15.9. The fourth-order valence-corrected chi connectivity index (χ4v) is 1.79. The van der Waals surface area contributed by atoms with Crippen LogP contribution in [0.2, 0.25) is 0 Å². The number of nitrogens with zero attached hydrogens (tertiary/aromatic N) is 1. The average molecular weight is 295 g/mol. The van der Waals surface area contributed by atoms with Crippen LogP contribution in [0.3, 0.4) is 0 Å². The maximum Gasteiger partial charge on any atom is 0.199 e. The Labute approximate surface area is 106 Å². The van der Waals surface area contributed by atoms with Crippen molar-refractivity contribution in [3.8, 4) is 0 Å². The SMILES string of the molecule is Nc1ncccc1C(=O)c1cc(Br)ccc1F. The molecule has 0 aliphatic heterocycles. The molecule has 0 aliphatic rings. The Kier molecular flexibility index (Phi) is 3.19. The number of halogens is 2. The standard InChI is InChI=1S/C12H8BrFN2O/c13-7-3-4-10(14)9(6-7)11(17)8-2-1-5-16-12(8)15/h1-6H,(H2,15,16). The molecule has 1 aromatic carbocycles. The van der Waals surface area contributed by atoms with Gasteiger partial charge in [0.2, 0.25) is 0 Å². The lowest BCUT2D eigenvalue weighted by Gasteiger charge is -2.05. The molecule has 0 radical (unpaired) electrons. The van der Waals surface area contributed by atoms with Crippen molar-refractivity contribution in [2.45, 2.75) is 0 Å². The van der Waals surface area contributed by atoms with Gasteiger partial charge in [0.25, 0.3) is 0 Å². The van der Waals surface area contributed by atoms with E-state index in [1.807, 2.05) is 0 Å². The monoisotopic (exact) mass is 294 g/mol. The van der Waals surface area contributed by atoms with Gasteiger partial charge in [-0.3, -0.25) is 4.79 Å². The molecule has 0 fully saturated rings. The number of ketones is 1. The number of hydrogen-bond acceptors (Lipinski definition) is 3. The molecule has 2 aromatic rings. The number of rotatable bonds is 2. The Morgan fingerprint density at radius 2 is 2.06 bits per heavy atom. The first-order valence-electron chi connectivity index (χ1n) is 4.80. The van der Waals surface area contributed by atoms with Gasteiger partial charge in [0.1, 0.15) is 11.6 Å². The third-order valence-corrected chi connectivity index (χ3v) is 2.75. The van der Waals surface area contributed by atoms with Gasteiger partial charge < -0.3 is 5.73 Å². The first-order chi connectivity index (χ1) is 8.09. The molecule has 0 atom stereocenters. The van der Waals surface area contributed by atoms with Crippen LogP contribution in [0, 0.1) is 5.82 Å². The van der Waals surface area contributed by atoms with Gasteiger partial charge in [-0.25, -0.2) is 9.37 Å². The molecule has 2 rings (SSSR count). The molecular weight excluding hydrogens is 287 g/mol. The zero-order valence-corrected chi connectivity index (χ0v) is 10.2. The quantitative estimate of drug-likeness (QED) is 0.867. The molecule has 0 bridgehead atoms. The summed E-state index contributed by atoms with van der Waals surface area (Å²) >= 11 is 3.19. The first kappa shape index (κ1) is 11.7. The van der Waals surface area contributed by atoms with E-state index >= 15 is 0 Å². The number of hydrogen-bond donors (Lipinski definition) is 1.